The molecule has 0 heterocycles. The average Bonchev–Trinajstić information content (AvgIpc) is 2.16. The summed E-state index contributed by atoms with van der Waals surface area (Å²) in [6.07, 6.45) is -0.244. The van der Waals surface area contributed by atoms with Crippen molar-refractivity contribution in [1.82, 2.24) is 0 Å². The summed E-state index contributed by atoms with van der Waals surface area (Å²) in [6.45, 7) is 4.99. The fraction of sp³-hybridized carbons (Fsp3) is 0.364. The van der Waals surface area contributed by atoms with Gasteiger partial charge in [-0.25, -0.2) is 4.79 Å². The first-order valence-corrected chi connectivity index (χ1v) is 4.88. The molecule has 0 atom stereocenters. The second kappa shape index (κ2) is 4.74. The van der Waals surface area contributed by atoms with Gasteiger partial charge in [-0.3, -0.25) is 10.1 Å². The van der Waals surface area contributed by atoms with Crippen LogP contribution in [0.4, 0.5) is 5.69 Å². The first-order chi connectivity index (χ1) is 7.43. The molecule has 0 aliphatic rings. The Hall–Kier alpha value is -1.91. The van der Waals surface area contributed by atoms with E-state index in [4.69, 9.17) is 4.74 Å². The van der Waals surface area contributed by atoms with Gasteiger partial charge in [0.1, 0.15) is 0 Å². The Kier molecular flexibility index (Phi) is 3.60. The summed E-state index contributed by atoms with van der Waals surface area (Å²) in [5.74, 6) is -0.531. The molecule has 0 saturated heterocycles. The molecule has 0 N–H and O–H groups in total. The maximum Gasteiger partial charge on any atom is 0.338 e. The van der Waals surface area contributed by atoms with E-state index in [-0.39, 0.29) is 17.4 Å². The van der Waals surface area contributed by atoms with Gasteiger partial charge in [0.2, 0.25) is 0 Å². The fourth-order valence-electron chi connectivity index (χ4n) is 1.32. The van der Waals surface area contributed by atoms with Crippen molar-refractivity contribution in [2.75, 3.05) is 0 Å². The predicted octanol–water partition coefficient (Wildman–Crippen LogP) is 2.47. The van der Waals surface area contributed by atoms with Crippen LogP contribution in [0.3, 0.4) is 0 Å². The number of benzene rings is 1. The molecule has 1 rings (SSSR count). The molecule has 0 saturated carbocycles. The van der Waals surface area contributed by atoms with Crippen LogP contribution in [0.2, 0.25) is 0 Å². The van der Waals surface area contributed by atoms with Crippen molar-refractivity contribution in [3.63, 3.8) is 0 Å². The van der Waals surface area contributed by atoms with Crippen LogP contribution in [0.5, 0.6) is 0 Å². The molecule has 0 aliphatic carbocycles. The summed E-state index contributed by atoms with van der Waals surface area (Å²) < 4.78 is 4.99. The van der Waals surface area contributed by atoms with Gasteiger partial charge in [0.25, 0.3) is 5.69 Å². The van der Waals surface area contributed by atoms with Gasteiger partial charge in [-0.2, -0.15) is 0 Å². The van der Waals surface area contributed by atoms with Crippen LogP contribution in [0.15, 0.2) is 18.2 Å². The largest absolute Gasteiger partial charge is 0.459 e. The molecule has 1 aromatic carbocycles. The second-order valence-corrected chi connectivity index (χ2v) is 3.66. The summed E-state index contributed by atoms with van der Waals surface area (Å²) in [5.41, 5.74) is 0.499. The topological polar surface area (TPSA) is 69.4 Å². The van der Waals surface area contributed by atoms with Gasteiger partial charge in [-0.1, -0.05) is 6.07 Å². The third-order valence-corrected chi connectivity index (χ3v) is 2.06. The Morgan fingerprint density at radius 3 is 2.56 bits per heavy atom. The summed E-state index contributed by atoms with van der Waals surface area (Å²) in [4.78, 5) is 21.8. The number of rotatable bonds is 3. The zero-order chi connectivity index (χ0) is 12.3. The Morgan fingerprint density at radius 1 is 1.44 bits per heavy atom. The highest BCUT2D eigenvalue weighted by molar-refractivity contribution is 5.92. The highest BCUT2D eigenvalue weighted by atomic mass is 16.6. The van der Waals surface area contributed by atoms with E-state index >= 15 is 0 Å². The van der Waals surface area contributed by atoms with E-state index in [0.29, 0.717) is 5.56 Å². The number of esters is 1. The van der Waals surface area contributed by atoms with E-state index in [1.165, 1.54) is 25.1 Å². The van der Waals surface area contributed by atoms with E-state index in [2.05, 4.69) is 0 Å². The molecule has 0 bridgehead atoms. The van der Waals surface area contributed by atoms with Crippen molar-refractivity contribution in [2.24, 2.45) is 0 Å². The smallest absolute Gasteiger partial charge is 0.338 e. The lowest BCUT2D eigenvalue weighted by Crippen LogP contribution is -2.13. The van der Waals surface area contributed by atoms with Gasteiger partial charge in [0, 0.05) is 11.6 Å². The quantitative estimate of drug-likeness (QED) is 0.448. The average molecular weight is 223 g/mol. The molecule has 86 valence electrons. The minimum atomic E-state index is -0.531. The van der Waals surface area contributed by atoms with Gasteiger partial charge in [0.05, 0.1) is 16.6 Å². The number of nitro benzene ring substituents is 1. The summed E-state index contributed by atoms with van der Waals surface area (Å²) in [6, 6.07) is 4.36. The van der Waals surface area contributed by atoms with Crippen molar-refractivity contribution in [3.05, 3.63) is 39.4 Å². The van der Waals surface area contributed by atoms with Crippen LogP contribution in [0, 0.1) is 17.0 Å². The Balaban J connectivity index is 3.10. The van der Waals surface area contributed by atoms with Crippen LogP contribution in [-0.2, 0) is 4.74 Å². The highest BCUT2D eigenvalue weighted by Crippen LogP contribution is 2.21. The van der Waals surface area contributed by atoms with E-state index in [9.17, 15) is 14.9 Å². The number of hydrogen-bond acceptors (Lipinski definition) is 4. The van der Waals surface area contributed by atoms with Crippen molar-refractivity contribution in [1.29, 1.82) is 0 Å². The highest BCUT2D eigenvalue weighted by Gasteiger charge is 2.19. The number of ether oxygens (including phenoxy) is 1. The molecule has 5 heteroatoms. The molecule has 0 fully saturated rings. The minimum Gasteiger partial charge on any atom is -0.459 e. The lowest BCUT2D eigenvalue weighted by atomic mass is 10.1. The molecule has 16 heavy (non-hydrogen) atoms. The van der Waals surface area contributed by atoms with Crippen molar-refractivity contribution < 1.29 is 14.5 Å². The van der Waals surface area contributed by atoms with Crippen molar-refractivity contribution in [2.45, 2.75) is 26.9 Å². The Bertz CT molecular complexity index is 426. The maximum atomic E-state index is 11.6. The second-order valence-electron chi connectivity index (χ2n) is 3.66. The van der Waals surface area contributed by atoms with Crippen LogP contribution in [0.25, 0.3) is 0 Å². The third kappa shape index (κ3) is 2.56. The third-order valence-electron chi connectivity index (χ3n) is 2.06. The summed E-state index contributed by atoms with van der Waals surface area (Å²) >= 11 is 0. The van der Waals surface area contributed by atoms with Crippen LogP contribution in [-0.4, -0.2) is 17.0 Å². The van der Waals surface area contributed by atoms with Gasteiger partial charge < -0.3 is 4.74 Å². The number of carbonyl (C=O) groups is 1. The molecular formula is C11H13NO4. The molecule has 0 aliphatic heterocycles. The number of hydrogen-bond donors (Lipinski definition) is 0. The van der Waals surface area contributed by atoms with Gasteiger partial charge >= 0.3 is 5.97 Å². The molecule has 0 radical (unpaired) electrons. The molecular weight excluding hydrogens is 210 g/mol. The van der Waals surface area contributed by atoms with Gasteiger partial charge in [-0.15, -0.1) is 0 Å². The van der Waals surface area contributed by atoms with E-state index < -0.39 is 10.9 Å². The first kappa shape index (κ1) is 12.2. The first-order valence-electron chi connectivity index (χ1n) is 4.88. The van der Waals surface area contributed by atoms with Crippen molar-refractivity contribution in [3.8, 4) is 0 Å². The zero-order valence-corrected chi connectivity index (χ0v) is 9.39. The SMILES string of the molecule is Cc1c(C(=O)OC(C)C)cccc1[N+](=O)[O-]. The van der Waals surface area contributed by atoms with Crippen molar-refractivity contribution >= 4 is 11.7 Å². The molecule has 5 nitrogen and oxygen atoms in total. The number of nitro groups is 1. The van der Waals surface area contributed by atoms with Crippen LogP contribution < -0.4 is 0 Å². The van der Waals surface area contributed by atoms with Crippen LogP contribution >= 0.6 is 0 Å². The molecule has 0 aromatic heterocycles. The summed E-state index contributed by atoms with van der Waals surface area (Å²) in [5, 5.41) is 10.7. The minimum absolute atomic E-state index is 0.0711. The summed E-state index contributed by atoms with van der Waals surface area (Å²) in [7, 11) is 0. The molecule has 0 unspecified atom stereocenters. The monoisotopic (exact) mass is 223 g/mol. The van der Waals surface area contributed by atoms with E-state index in [0.717, 1.165) is 0 Å². The van der Waals surface area contributed by atoms with Crippen LogP contribution in [0.1, 0.15) is 29.8 Å². The maximum absolute atomic E-state index is 11.6. The van der Waals surface area contributed by atoms with Gasteiger partial charge in [0.15, 0.2) is 0 Å². The Labute approximate surface area is 93.2 Å². The molecule has 0 amide bonds. The van der Waals surface area contributed by atoms with Gasteiger partial charge in [-0.05, 0) is 26.8 Å². The Morgan fingerprint density at radius 2 is 2.06 bits per heavy atom. The fourth-order valence-corrected chi connectivity index (χ4v) is 1.32. The number of carbonyl (C=O) groups excluding carboxylic acids is 1. The number of nitrogens with zero attached hydrogens (tertiary/aromatic N) is 1. The lowest BCUT2D eigenvalue weighted by molar-refractivity contribution is -0.385. The lowest BCUT2D eigenvalue weighted by Gasteiger charge is -2.09. The molecule has 0 spiro atoms. The standard InChI is InChI=1S/C11H13NO4/c1-7(2)16-11(13)9-5-4-6-10(8(9)3)12(14)15/h4-7H,1-3H3. The van der Waals surface area contributed by atoms with E-state index in [1.54, 1.807) is 13.8 Å². The van der Waals surface area contributed by atoms with E-state index in [1.807, 2.05) is 0 Å². The molecule has 1 aromatic rings. The zero-order valence-electron chi connectivity index (χ0n) is 9.39. The predicted molar refractivity (Wildman–Crippen MR) is 58.4 cm³/mol. The normalized spacial score (nSPS) is 10.2.